The summed E-state index contributed by atoms with van der Waals surface area (Å²) in [5, 5.41) is 12.9. The van der Waals surface area contributed by atoms with E-state index < -0.39 is 23.5 Å². The summed E-state index contributed by atoms with van der Waals surface area (Å²) in [6, 6.07) is 3.45. The highest BCUT2D eigenvalue weighted by molar-refractivity contribution is 6.15. The Morgan fingerprint density at radius 2 is 2.10 bits per heavy atom. The van der Waals surface area contributed by atoms with Crippen LogP contribution in [0, 0.1) is 11.7 Å². The summed E-state index contributed by atoms with van der Waals surface area (Å²) < 4.78 is 23.2. The van der Waals surface area contributed by atoms with Crippen molar-refractivity contribution in [2.24, 2.45) is 5.92 Å². The third-order valence-electron chi connectivity index (χ3n) is 6.41. The van der Waals surface area contributed by atoms with Crippen LogP contribution in [0.2, 0.25) is 0 Å². The van der Waals surface area contributed by atoms with E-state index in [1.54, 1.807) is 0 Å². The summed E-state index contributed by atoms with van der Waals surface area (Å²) in [7, 11) is 1.47. The number of halogens is 1. The first-order valence-corrected chi connectivity index (χ1v) is 10.3. The lowest BCUT2D eigenvalue weighted by Crippen LogP contribution is -2.44. The largest absolute Gasteiger partial charge is 0.494 e. The summed E-state index contributed by atoms with van der Waals surface area (Å²) in [5.41, 5.74) is 2.70. The lowest BCUT2D eigenvalue weighted by molar-refractivity contribution is -0.139. The van der Waals surface area contributed by atoms with Crippen molar-refractivity contribution in [1.82, 2.24) is 9.88 Å². The van der Waals surface area contributed by atoms with E-state index >= 15 is 4.39 Å². The molecular weight excluding hydrogens is 389 g/mol. The molecule has 0 bridgehead atoms. The van der Waals surface area contributed by atoms with Gasteiger partial charge in [-0.2, -0.15) is 0 Å². The zero-order chi connectivity index (χ0) is 21.2. The predicted molar refractivity (Wildman–Crippen MR) is 109 cm³/mol. The number of benzene rings is 1. The number of hydrogen-bond donors (Lipinski definition) is 2. The topological polar surface area (TPSA) is 83.8 Å². The van der Waals surface area contributed by atoms with E-state index in [1.165, 1.54) is 13.2 Å². The van der Waals surface area contributed by atoms with Gasteiger partial charge in [0.25, 0.3) is 0 Å². The molecule has 2 atom stereocenters. The number of carbonyl (C=O) groups is 2. The van der Waals surface area contributed by atoms with Crippen LogP contribution in [0.25, 0.3) is 11.1 Å². The number of Topliss-reactive ketones (excluding diaryl/α,β-unsaturated/α-hetero) is 1. The summed E-state index contributed by atoms with van der Waals surface area (Å²) in [6.45, 7) is 3.78. The van der Waals surface area contributed by atoms with Gasteiger partial charge in [-0.05, 0) is 31.9 Å². The lowest BCUT2D eigenvalue weighted by atomic mass is 9.88. The first-order chi connectivity index (χ1) is 14.4. The van der Waals surface area contributed by atoms with Gasteiger partial charge in [0.05, 0.1) is 18.4 Å². The first-order valence-electron chi connectivity index (χ1n) is 10.3. The van der Waals surface area contributed by atoms with Crippen LogP contribution in [0.5, 0.6) is 5.75 Å². The van der Waals surface area contributed by atoms with Crippen molar-refractivity contribution in [2.45, 2.75) is 38.4 Å². The third-order valence-corrected chi connectivity index (χ3v) is 6.41. The van der Waals surface area contributed by atoms with E-state index in [0.717, 1.165) is 31.6 Å². The smallest absolute Gasteiger partial charge is 0.316 e. The molecule has 2 aliphatic heterocycles. The van der Waals surface area contributed by atoms with Gasteiger partial charge in [0.15, 0.2) is 11.5 Å². The lowest BCUT2D eigenvalue weighted by Gasteiger charge is -2.35. The molecule has 2 N–H and O–H groups in total. The molecule has 158 valence electrons. The van der Waals surface area contributed by atoms with Gasteiger partial charge in [0, 0.05) is 54.7 Å². The molecule has 1 aliphatic carbocycles. The van der Waals surface area contributed by atoms with Crippen LogP contribution < -0.4 is 15.0 Å². The maximum absolute atomic E-state index is 15.4. The standard InChI is InChI=1S/C22H24FN3O4/c1-11-17-7-12(9-25(17)6-5-24-11)18-16(23)8-14-19(21(18)30-2)26(13-3-4-13)10-15(20(14)27)22(28)29/h7-9,11,13,15,24H,3-6,10H2,1-2H3,(H,28,29)/t11-,15?/m1/s1. The number of carbonyl (C=O) groups excluding carboxylic acids is 1. The molecule has 2 aromatic rings. The Labute approximate surface area is 173 Å². The SMILES string of the molecule is COc1c(-c2cc3n(c2)CCN[C@@H]3C)c(F)cc2c1N(C1CC1)CC(C(=O)O)C2=O. The van der Waals surface area contributed by atoms with Gasteiger partial charge < -0.3 is 24.6 Å². The Morgan fingerprint density at radius 1 is 1.33 bits per heavy atom. The van der Waals surface area contributed by atoms with Gasteiger partial charge in [-0.25, -0.2) is 4.39 Å². The highest BCUT2D eigenvalue weighted by Crippen LogP contribution is 2.49. The van der Waals surface area contributed by atoms with Crippen LogP contribution >= 0.6 is 0 Å². The van der Waals surface area contributed by atoms with Gasteiger partial charge in [-0.15, -0.1) is 0 Å². The van der Waals surface area contributed by atoms with Crippen molar-refractivity contribution in [3.63, 3.8) is 0 Å². The number of methoxy groups -OCH3 is 1. The normalized spacial score (nSPS) is 23.2. The number of fused-ring (bicyclic) bond motifs is 2. The van der Waals surface area contributed by atoms with E-state index in [1.807, 2.05) is 17.2 Å². The molecule has 1 unspecified atom stereocenters. The van der Waals surface area contributed by atoms with Gasteiger partial charge >= 0.3 is 5.97 Å². The number of ether oxygens (including phenoxy) is 1. The second-order valence-corrected chi connectivity index (χ2v) is 8.32. The minimum absolute atomic E-state index is 0.0838. The molecule has 3 aliphatic rings. The van der Waals surface area contributed by atoms with Gasteiger partial charge in [-0.3, -0.25) is 9.59 Å². The molecule has 0 spiro atoms. The molecule has 1 aromatic carbocycles. The highest BCUT2D eigenvalue weighted by Gasteiger charge is 2.44. The molecule has 0 saturated heterocycles. The van der Waals surface area contributed by atoms with Gasteiger partial charge in [0.1, 0.15) is 11.7 Å². The molecular formula is C22H24FN3O4. The number of rotatable bonds is 4. The zero-order valence-corrected chi connectivity index (χ0v) is 16.9. The number of aromatic nitrogens is 1. The fourth-order valence-electron chi connectivity index (χ4n) is 4.76. The summed E-state index contributed by atoms with van der Waals surface area (Å²) in [4.78, 5) is 26.5. The van der Waals surface area contributed by atoms with Crippen molar-refractivity contribution in [3.8, 4) is 16.9 Å². The molecule has 1 fully saturated rings. The Hall–Kier alpha value is -2.87. The molecule has 7 nitrogen and oxygen atoms in total. The second-order valence-electron chi connectivity index (χ2n) is 8.32. The fourth-order valence-corrected chi connectivity index (χ4v) is 4.76. The first kappa shape index (κ1) is 19.1. The number of anilines is 1. The number of ketones is 1. The van der Waals surface area contributed by atoms with E-state index in [0.29, 0.717) is 22.6 Å². The highest BCUT2D eigenvalue weighted by atomic mass is 19.1. The molecule has 30 heavy (non-hydrogen) atoms. The number of nitrogens with zero attached hydrogens (tertiary/aromatic N) is 2. The molecule has 1 aromatic heterocycles. The van der Waals surface area contributed by atoms with Crippen molar-refractivity contribution >= 4 is 17.4 Å². The second kappa shape index (κ2) is 6.84. The fraction of sp³-hybridized carbons (Fsp3) is 0.455. The third kappa shape index (κ3) is 2.81. The maximum Gasteiger partial charge on any atom is 0.316 e. The van der Waals surface area contributed by atoms with Gasteiger partial charge in [0.2, 0.25) is 0 Å². The van der Waals surface area contributed by atoms with Crippen LogP contribution in [-0.2, 0) is 11.3 Å². The zero-order valence-electron chi connectivity index (χ0n) is 16.9. The number of nitrogens with one attached hydrogen (secondary N) is 1. The van der Waals surface area contributed by atoms with Gasteiger partial charge in [-0.1, -0.05) is 0 Å². The summed E-state index contributed by atoms with van der Waals surface area (Å²) >= 11 is 0. The molecule has 3 heterocycles. The number of carboxylic acid groups (broad SMARTS) is 1. The van der Waals surface area contributed by atoms with Crippen molar-refractivity contribution in [3.05, 3.63) is 35.4 Å². The van der Waals surface area contributed by atoms with E-state index in [2.05, 4.69) is 16.8 Å². The minimum Gasteiger partial charge on any atom is -0.494 e. The van der Waals surface area contributed by atoms with Crippen LogP contribution in [0.4, 0.5) is 10.1 Å². The summed E-state index contributed by atoms with van der Waals surface area (Å²) in [5.74, 6) is -3.21. The minimum atomic E-state index is -1.19. The summed E-state index contributed by atoms with van der Waals surface area (Å²) in [6.07, 6.45) is 3.76. The Balaban J connectivity index is 1.71. The average molecular weight is 413 g/mol. The molecule has 0 amide bonds. The van der Waals surface area contributed by atoms with Crippen LogP contribution in [-0.4, -0.2) is 47.7 Å². The molecule has 0 radical (unpaired) electrons. The van der Waals surface area contributed by atoms with E-state index in [-0.39, 0.29) is 24.2 Å². The quantitative estimate of drug-likeness (QED) is 0.750. The predicted octanol–water partition coefficient (Wildman–Crippen LogP) is 2.83. The molecule has 1 saturated carbocycles. The monoisotopic (exact) mass is 413 g/mol. The Bertz CT molecular complexity index is 1060. The van der Waals surface area contributed by atoms with Crippen molar-refractivity contribution in [2.75, 3.05) is 25.1 Å². The maximum atomic E-state index is 15.4. The van der Waals surface area contributed by atoms with E-state index in [4.69, 9.17) is 4.74 Å². The van der Waals surface area contributed by atoms with E-state index in [9.17, 15) is 14.7 Å². The molecule has 5 rings (SSSR count). The number of aliphatic carboxylic acids is 1. The Kier molecular flexibility index (Phi) is 4.36. The Morgan fingerprint density at radius 3 is 2.73 bits per heavy atom. The average Bonchev–Trinajstić information content (AvgIpc) is 3.46. The number of hydrogen-bond acceptors (Lipinski definition) is 5. The van der Waals surface area contributed by atoms with Crippen LogP contribution in [0.15, 0.2) is 18.3 Å². The van der Waals surface area contributed by atoms with Crippen LogP contribution in [0.1, 0.15) is 41.9 Å². The molecule has 8 heteroatoms. The van der Waals surface area contributed by atoms with Crippen molar-refractivity contribution in [1.29, 1.82) is 0 Å². The van der Waals surface area contributed by atoms with Crippen molar-refractivity contribution < 1.29 is 23.8 Å². The number of carboxylic acids is 1. The van der Waals surface area contributed by atoms with Crippen LogP contribution in [0.3, 0.4) is 0 Å².